The highest BCUT2D eigenvalue weighted by atomic mass is 16.1. The predicted octanol–water partition coefficient (Wildman–Crippen LogP) is 2.67. The van der Waals surface area contributed by atoms with Gasteiger partial charge in [-0.2, -0.15) is 0 Å². The number of carbonyl (C=O) groups is 1. The Balaban J connectivity index is 1.36. The van der Waals surface area contributed by atoms with Crippen LogP contribution in [0.25, 0.3) is 22.2 Å². The van der Waals surface area contributed by atoms with E-state index in [2.05, 4.69) is 37.1 Å². The molecule has 0 unspecified atom stereocenters. The van der Waals surface area contributed by atoms with Crippen molar-refractivity contribution >= 4 is 34.3 Å². The van der Waals surface area contributed by atoms with Gasteiger partial charge in [-0.05, 0) is 43.4 Å². The highest BCUT2D eigenvalue weighted by molar-refractivity contribution is 6.04. The SMILES string of the molecule is CN1CCN(c2cc(C(=O)Nc3cc4nc(-c5ccc(N)nc5)ccc4cn3)ccn2)CC1. The highest BCUT2D eigenvalue weighted by Crippen LogP contribution is 2.22. The van der Waals surface area contributed by atoms with Crippen LogP contribution in [0.4, 0.5) is 17.5 Å². The zero-order chi connectivity index (χ0) is 22.8. The number of nitrogen functional groups attached to an aromatic ring is 1. The van der Waals surface area contributed by atoms with E-state index in [1.807, 2.05) is 24.3 Å². The van der Waals surface area contributed by atoms with E-state index in [4.69, 9.17) is 10.7 Å². The van der Waals surface area contributed by atoms with Gasteiger partial charge >= 0.3 is 0 Å². The number of aromatic nitrogens is 4. The zero-order valence-corrected chi connectivity index (χ0v) is 18.3. The molecule has 0 atom stereocenters. The number of nitrogens with two attached hydrogens (primary N) is 1. The number of rotatable bonds is 4. The van der Waals surface area contributed by atoms with Gasteiger partial charge in [0, 0.05) is 67.3 Å². The average molecular weight is 441 g/mol. The Kier molecular flexibility index (Phi) is 5.54. The fraction of sp³-hybridized carbons (Fsp3) is 0.208. The molecule has 4 aromatic rings. The Bertz CT molecular complexity index is 1300. The van der Waals surface area contributed by atoms with Crippen LogP contribution < -0.4 is 16.0 Å². The van der Waals surface area contributed by atoms with Gasteiger partial charge in [-0.1, -0.05) is 0 Å². The summed E-state index contributed by atoms with van der Waals surface area (Å²) >= 11 is 0. The van der Waals surface area contributed by atoms with Crippen molar-refractivity contribution in [3.63, 3.8) is 0 Å². The van der Waals surface area contributed by atoms with E-state index in [1.165, 1.54) is 0 Å². The number of hydrogen-bond acceptors (Lipinski definition) is 8. The molecule has 166 valence electrons. The van der Waals surface area contributed by atoms with E-state index in [0.29, 0.717) is 17.2 Å². The minimum absolute atomic E-state index is 0.237. The number of hydrogen-bond donors (Lipinski definition) is 2. The monoisotopic (exact) mass is 440 g/mol. The van der Waals surface area contributed by atoms with E-state index in [1.54, 1.807) is 36.8 Å². The summed E-state index contributed by atoms with van der Waals surface area (Å²) < 4.78 is 0. The second-order valence-electron chi connectivity index (χ2n) is 8.08. The van der Waals surface area contributed by atoms with Gasteiger partial charge in [0.1, 0.15) is 17.5 Å². The maximum Gasteiger partial charge on any atom is 0.257 e. The Morgan fingerprint density at radius 3 is 2.61 bits per heavy atom. The van der Waals surface area contributed by atoms with E-state index in [9.17, 15) is 4.79 Å². The number of nitrogens with zero attached hydrogens (tertiary/aromatic N) is 6. The minimum atomic E-state index is -0.237. The number of amides is 1. The van der Waals surface area contributed by atoms with Crippen LogP contribution in [0.1, 0.15) is 10.4 Å². The molecular formula is C24H24N8O. The Hall–Kier alpha value is -4.11. The van der Waals surface area contributed by atoms with Crippen LogP contribution in [0, 0.1) is 0 Å². The lowest BCUT2D eigenvalue weighted by Gasteiger charge is -2.33. The van der Waals surface area contributed by atoms with Gasteiger partial charge in [0.25, 0.3) is 5.91 Å². The van der Waals surface area contributed by atoms with Gasteiger partial charge in [0.15, 0.2) is 0 Å². The smallest absolute Gasteiger partial charge is 0.257 e. The molecule has 0 aromatic carbocycles. The molecule has 0 saturated carbocycles. The lowest BCUT2D eigenvalue weighted by Crippen LogP contribution is -2.44. The predicted molar refractivity (Wildman–Crippen MR) is 129 cm³/mol. The van der Waals surface area contributed by atoms with Gasteiger partial charge in [0.05, 0.1) is 11.2 Å². The normalized spacial score (nSPS) is 14.4. The average Bonchev–Trinajstić information content (AvgIpc) is 2.84. The van der Waals surface area contributed by atoms with Crippen LogP contribution >= 0.6 is 0 Å². The molecule has 1 amide bonds. The van der Waals surface area contributed by atoms with Crippen LogP contribution in [0.3, 0.4) is 0 Å². The molecule has 0 bridgehead atoms. The number of pyridine rings is 4. The molecule has 5 heterocycles. The summed E-state index contributed by atoms with van der Waals surface area (Å²) in [5, 5.41) is 3.76. The van der Waals surface area contributed by atoms with Gasteiger partial charge in [-0.15, -0.1) is 0 Å². The second kappa shape index (κ2) is 8.79. The molecule has 1 fully saturated rings. The maximum atomic E-state index is 12.9. The first-order valence-corrected chi connectivity index (χ1v) is 10.7. The van der Waals surface area contributed by atoms with Crippen molar-refractivity contribution in [3.05, 3.63) is 66.6 Å². The largest absolute Gasteiger partial charge is 0.384 e. The van der Waals surface area contributed by atoms with Crippen molar-refractivity contribution in [2.75, 3.05) is 49.2 Å². The molecule has 0 spiro atoms. The Morgan fingerprint density at radius 1 is 0.970 bits per heavy atom. The molecular weight excluding hydrogens is 416 g/mol. The number of piperazine rings is 1. The lowest BCUT2D eigenvalue weighted by molar-refractivity contribution is 0.102. The van der Waals surface area contributed by atoms with Gasteiger partial charge in [-0.3, -0.25) is 4.79 Å². The molecule has 3 N–H and O–H groups in total. The summed E-state index contributed by atoms with van der Waals surface area (Å²) in [7, 11) is 2.11. The number of likely N-dealkylation sites (N-methyl/N-ethyl adjacent to an activating group) is 1. The molecule has 1 aliphatic heterocycles. The van der Waals surface area contributed by atoms with Gasteiger partial charge in [-0.25, -0.2) is 19.9 Å². The van der Waals surface area contributed by atoms with Crippen LogP contribution in [0.2, 0.25) is 0 Å². The molecule has 1 aliphatic rings. The lowest BCUT2D eigenvalue weighted by atomic mass is 10.1. The number of carbonyl (C=O) groups excluding carboxylic acids is 1. The minimum Gasteiger partial charge on any atom is -0.384 e. The highest BCUT2D eigenvalue weighted by Gasteiger charge is 2.17. The van der Waals surface area contributed by atoms with Crippen LogP contribution in [-0.2, 0) is 0 Å². The first-order valence-electron chi connectivity index (χ1n) is 10.7. The summed E-state index contributed by atoms with van der Waals surface area (Å²) in [6.45, 7) is 3.72. The molecule has 9 heteroatoms. The summed E-state index contributed by atoms with van der Waals surface area (Å²) in [5.74, 6) is 1.47. The third-order valence-electron chi connectivity index (χ3n) is 5.73. The number of anilines is 3. The van der Waals surface area contributed by atoms with E-state index in [0.717, 1.165) is 54.2 Å². The first-order chi connectivity index (χ1) is 16.0. The quantitative estimate of drug-likeness (QED) is 0.498. The fourth-order valence-electron chi connectivity index (χ4n) is 3.76. The topological polar surface area (TPSA) is 113 Å². The first kappa shape index (κ1) is 20.8. The van der Waals surface area contributed by atoms with Crippen molar-refractivity contribution in [1.82, 2.24) is 24.8 Å². The summed E-state index contributed by atoms with van der Waals surface area (Å²) in [5.41, 5.74) is 8.57. The van der Waals surface area contributed by atoms with Crippen molar-refractivity contribution in [2.45, 2.75) is 0 Å². The van der Waals surface area contributed by atoms with Crippen LogP contribution in [0.15, 0.2) is 61.1 Å². The van der Waals surface area contributed by atoms with Crippen molar-refractivity contribution in [2.24, 2.45) is 0 Å². The number of nitrogens with one attached hydrogen (secondary N) is 1. The Morgan fingerprint density at radius 2 is 1.82 bits per heavy atom. The second-order valence-corrected chi connectivity index (χ2v) is 8.08. The van der Waals surface area contributed by atoms with E-state index < -0.39 is 0 Å². The molecule has 5 rings (SSSR count). The summed E-state index contributed by atoms with van der Waals surface area (Å²) in [4.78, 5) is 35.0. The third-order valence-corrected chi connectivity index (χ3v) is 5.73. The molecule has 0 aliphatic carbocycles. The van der Waals surface area contributed by atoms with E-state index in [-0.39, 0.29) is 5.91 Å². The zero-order valence-electron chi connectivity index (χ0n) is 18.3. The summed E-state index contributed by atoms with van der Waals surface area (Å²) in [6, 6.07) is 12.8. The van der Waals surface area contributed by atoms with Crippen molar-refractivity contribution in [3.8, 4) is 11.3 Å². The third kappa shape index (κ3) is 4.58. The molecule has 1 saturated heterocycles. The summed E-state index contributed by atoms with van der Waals surface area (Å²) in [6.07, 6.45) is 5.06. The fourth-order valence-corrected chi connectivity index (χ4v) is 3.76. The number of fused-ring (bicyclic) bond motifs is 1. The standard InChI is InChI=1S/C24H24N8O/c1-31-8-10-32(11-9-31)23-12-16(6-7-26-23)24(33)30-22-13-20-18(15-28-22)2-4-19(29-20)17-3-5-21(25)27-14-17/h2-7,12-15H,8-11H2,1H3,(H2,25,27)(H,28,30,33). The van der Waals surface area contributed by atoms with Gasteiger partial charge < -0.3 is 20.9 Å². The van der Waals surface area contributed by atoms with Crippen molar-refractivity contribution < 1.29 is 4.79 Å². The molecule has 33 heavy (non-hydrogen) atoms. The molecule has 9 nitrogen and oxygen atoms in total. The van der Waals surface area contributed by atoms with Gasteiger partial charge in [0.2, 0.25) is 0 Å². The maximum absolute atomic E-state index is 12.9. The van der Waals surface area contributed by atoms with Crippen LogP contribution in [0.5, 0.6) is 0 Å². The Labute approximate surface area is 191 Å². The molecule has 0 radical (unpaired) electrons. The van der Waals surface area contributed by atoms with E-state index >= 15 is 0 Å². The van der Waals surface area contributed by atoms with Crippen molar-refractivity contribution in [1.29, 1.82) is 0 Å². The molecule has 4 aromatic heterocycles. The van der Waals surface area contributed by atoms with Crippen LogP contribution in [-0.4, -0.2) is 64.0 Å².